The van der Waals surface area contributed by atoms with Crippen molar-refractivity contribution in [3.8, 4) is 0 Å². The van der Waals surface area contributed by atoms with Gasteiger partial charge in [0.05, 0.1) is 6.20 Å². The van der Waals surface area contributed by atoms with Crippen molar-refractivity contribution in [2.45, 2.75) is 18.9 Å². The maximum atomic E-state index is 12.5. The van der Waals surface area contributed by atoms with Gasteiger partial charge >= 0.3 is 0 Å². The van der Waals surface area contributed by atoms with Gasteiger partial charge in [-0.05, 0) is 31.4 Å². The Labute approximate surface area is 135 Å². The van der Waals surface area contributed by atoms with Crippen LogP contribution in [0.15, 0.2) is 22.7 Å². The standard InChI is InChI=1S/C17H22N4O2/c1-20(2)16-7-12-6-14(18-8-15(12)23-16)17(22)19-13-5-11-3-4-21(9-11)10-13/h6-8,11,13H,3-5,9-10H2,1-2H3,(H,19,22)/t11-,13-/m1/s1. The molecular weight excluding hydrogens is 292 g/mol. The monoisotopic (exact) mass is 314 g/mol. The number of amides is 1. The molecule has 3 atom stereocenters. The van der Waals surface area contributed by atoms with Gasteiger partial charge < -0.3 is 19.5 Å². The van der Waals surface area contributed by atoms with Crippen LogP contribution in [0, 0.1) is 5.92 Å². The number of aromatic nitrogens is 1. The van der Waals surface area contributed by atoms with Gasteiger partial charge in [0.25, 0.3) is 5.91 Å². The Morgan fingerprint density at radius 2 is 2.26 bits per heavy atom. The zero-order valence-corrected chi connectivity index (χ0v) is 13.6. The summed E-state index contributed by atoms with van der Waals surface area (Å²) in [5.41, 5.74) is 1.16. The lowest BCUT2D eigenvalue weighted by Gasteiger charge is -2.30. The van der Waals surface area contributed by atoms with Crippen molar-refractivity contribution in [3.63, 3.8) is 0 Å². The molecule has 0 radical (unpaired) electrons. The normalized spacial score (nSPS) is 26.4. The molecule has 2 saturated heterocycles. The molecule has 2 bridgehead atoms. The molecule has 2 aromatic rings. The first-order valence-electron chi connectivity index (χ1n) is 8.18. The lowest BCUT2D eigenvalue weighted by molar-refractivity contribution is 0.0904. The molecule has 23 heavy (non-hydrogen) atoms. The van der Waals surface area contributed by atoms with E-state index >= 15 is 0 Å². The number of hydrogen-bond acceptors (Lipinski definition) is 5. The average molecular weight is 314 g/mol. The molecule has 6 nitrogen and oxygen atoms in total. The van der Waals surface area contributed by atoms with E-state index in [1.165, 1.54) is 19.5 Å². The van der Waals surface area contributed by atoms with Crippen molar-refractivity contribution in [1.82, 2.24) is 15.2 Å². The number of hydrogen-bond donors (Lipinski definition) is 1. The second-order valence-corrected chi connectivity index (χ2v) is 6.91. The van der Waals surface area contributed by atoms with E-state index < -0.39 is 0 Å². The predicted molar refractivity (Wildman–Crippen MR) is 88.8 cm³/mol. The fourth-order valence-electron chi connectivity index (χ4n) is 3.70. The van der Waals surface area contributed by atoms with Crippen LogP contribution >= 0.6 is 0 Å². The van der Waals surface area contributed by atoms with E-state index in [2.05, 4.69) is 15.2 Å². The molecule has 1 N–H and O–H groups in total. The van der Waals surface area contributed by atoms with Crippen LogP contribution in [0.25, 0.3) is 11.0 Å². The molecule has 2 aliphatic heterocycles. The fourth-order valence-corrected chi connectivity index (χ4v) is 3.70. The van der Waals surface area contributed by atoms with Crippen LogP contribution in [0.4, 0.5) is 5.88 Å². The molecule has 2 aromatic heterocycles. The number of furan rings is 1. The fraction of sp³-hybridized carbons (Fsp3) is 0.529. The van der Waals surface area contributed by atoms with Crippen LogP contribution in [-0.4, -0.2) is 55.6 Å². The summed E-state index contributed by atoms with van der Waals surface area (Å²) >= 11 is 0. The highest BCUT2D eigenvalue weighted by molar-refractivity contribution is 5.96. The minimum Gasteiger partial charge on any atom is -0.439 e. The summed E-state index contributed by atoms with van der Waals surface area (Å²) in [6.45, 7) is 3.32. The van der Waals surface area contributed by atoms with Gasteiger partial charge in [-0.25, -0.2) is 4.98 Å². The summed E-state index contributed by atoms with van der Waals surface area (Å²) in [4.78, 5) is 21.1. The van der Waals surface area contributed by atoms with E-state index in [0.29, 0.717) is 11.3 Å². The molecule has 2 fully saturated rings. The summed E-state index contributed by atoms with van der Waals surface area (Å²) in [6.07, 6.45) is 3.98. The van der Waals surface area contributed by atoms with Crippen LogP contribution in [0.1, 0.15) is 23.3 Å². The summed E-state index contributed by atoms with van der Waals surface area (Å²) in [7, 11) is 3.84. The molecule has 1 amide bonds. The third kappa shape index (κ3) is 2.79. The molecule has 1 unspecified atom stereocenters. The van der Waals surface area contributed by atoms with Crippen LogP contribution in [-0.2, 0) is 0 Å². The molecule has 0 aromatic carbocycles. The largest absolute Gasteiger partial charge is 0.439 e. The van der Waals surface area contributed by atoms with Gasteiger partial charge in [-0.3, -0.25) is 4.79 Å². The number of piperidine rings is 1. The van der Waals surface area contributed by atoms with E-state index in [-0.39, 0.29) is 11.9 Å². The smallest absolute Gasteiger partial charge is 0.270 e. The molecule has 0 saturated carbocycles. The van der Waals surface area contributed by atoms with Gasteiger partial charge in [0.15, 0.2) is 11.5 Å². The quantitative estimate of drug-likeness (QED) is 0.934. The van der Waals surface area contributed by atoms with E-state index in [0.717, 1.165) is 30.2 Å². The molecule has 4 heterocycles. The number of fused-ring (bicyclic) bond motifs is 3. The molecule has 4 rings (SSSR count). The minimum atomic E-state index is -0.0907. The summed E-state index contributed by atoms with van der Waals surface area (Å²) < 4.78 is 5.68. The second kappa shape index (κ2) is 5.53. The number of anilines is 1. The number of nitrogens with one attached hydrogen (secondary N) is 1. The predicted octanol–water partition coefficient (Wildman–Crippen LogP) is 1.72. The van der Waals surface area contributed by atoms with Crippen LogP contribution in [0.2, 0.25) is 0 Å². The second-order valence-electron chi connectivity index (χ2n) is 6.91. The van der Waals surface area contributed by atoms with E-state index in [1.807, 2.05) is 25.1 Å². The Morgan fingerprint density at radius 1 is 1.39 bits per heavy atom. The van der Waals surface area contributed by atoms with Crippen molar-refractivity contribution in [2.75, 3.05) is 38.6 Å². The molecule has 2 aliphatic rings. The Balaban J connectivity index is 1.50. The van der Waals surface area contributed by atoms with Crippen molar-refractivity contribution in [3.05, 3.63) is 24.0 Å². The maximum absolute atomic E-state index is 12.5. The topological polar surface area (TPSA) is 61.6 Å². The van der Waals surface area contributed by atoms with Gasteiger partial charge in [0.2, 0.25) is 0 Å². The Kier molecular flexibility index (Phi) is 3.49. The Hall–Kier alpha value is -2.08. The van der Waals surface area contributed by atoms with Gasteiger partial charge in [-0.15, -0.1) is 0 Å². The maximum Gasteiger partial charge on any atom is 0.270 e. The Morgan fingerprint density at radius 3 is 3.04 bits per heavy atom. The van der Waals surface area contributed by atoms with Gasteiger partial charge in [0, 0.05) is 44.7 Å². The van der Waals surface area contributed by atoms with Gasteiger partial charge in [-0.1, -0.05) is 0 Å². The minimum absolute atomic E-state index is 0.0907. The summed E-state index contributed by atoms with van der Waals surface area (Å²) in [6, 6.07) is 3.97. The number of nitrogens with zero attached hydrogens (tertiary/aromatic N) is 3. The third-order valence-corrected chi connectivity index (χ3v) is 4.87. The summed E-state index contributed by atoms with van der Waals surface area (Å²) in [5.74, 6) is 1.41. The molecule has 122 valence electrons. The van der Waals surface area contributed by atoms with Gasteiger partial charge in [0.1, 0.15) is 5.69 Å². The zero-order chi connectivity index (χ0) is 16.0. The Bertz CT molecular complexity index is 727. The lowest BCUT2D eigenvalue weighted by Crippen LogP contribution is -2.47. The molecule has 0 spiro atoms. The first kappa shape index (κ1) is 14.5. The highest BCUT2D eigenvalue weighted by atomic mass is 16.4. The SMILES string of the molecule is CN(C)c1cc2cc(C(=O)N[C@@H]3C[C@H]4CCN(C4)C3)ncc2o1. The van der Waals surface area contributed by atoms with E-state index in [4.69, 9.17) is 4.42 Å². The highest BCUT2D eigenvalue weighted by Crippen LogP contribution is 2.27. The first-order chi connectivity index (χ1) is 11.1. The summed E-state index contributed by atoms with van der Waals surface area (Å²) in [5, 5.41) is 4.05. The van der Waals surface area contributed by atoms with Crippen molar-refractivity contribution < 1.29 is 9.21 Å². The number of rotatable bonds is 3. The van der Waals surface area contributed by atoms with Crippen molar-refractivity contribution >= 4 is 22.8 Å². The zero-order valence-electron chi connectivity index (χ0n) is 13.6. The molecule has 6 heteroatoms. The number of carbonyl (C=O) groups is 1. The third-order valence-electron chi connectivity index (χ3n) is 4.87. The van der Waals surface area contributed by atoms with Crippen LogP contribution < -0.4 is 10.2 Å². The van der Waals surface area contributed by atoms with E-state index in [1.54, 1.807) is 12.3 Å². The molecule has 0 aliphatic carbocycles. The van der Waals surface area contributed by atoms with Crippen LogP contribution in [0.3, 0.4) is 0 Å². The lowest BCUT2D eigenvalue weighted by atomic mass is 9.97. The van der Waals surface area contributed by atoms with E-state index in [9.17, 15) is 4.79 Å². The number of pyridine rings is 1. The van der Waals surface area contributed by atoms with Gasteiger partial charge in [-0.2, -0.15) is 0 Å². The number of carbonyl (C=O) groups excluding carboxylic acids is 1. The first-order valence-corrected chi connectivity index (χ1v) is 8.18. The average Bonchev–Trinajstić information content (AvgIpc) is 3.09. The molecular formula is C17H22N4O2. The van der Waals surface area contributed by atoms with Crippen molar-refractivity contribution in [2.24, 2.45) is 5.92 Å². The highest BCUT2D eigenvalue weighted by Gasteiger charge is 2.33. The van der Waals surface area contributed by atoms with Crippen molar-refractivity contribution in [1.29, 1.82) is 0 Å². The van der Waals surface area contributed by atoms with Crippen LogP contribution in [0.5, 0.6) is 0 Å².